The van der Waals surface area contributed by atoms with Crippen molar-refractivity contribution in [2.24, 2.45) is 5.41 Å². The summed E-state index contributed by atoms with van der Waals surface area (Å²) in [6.45, 7) is 5.03. The van der Waals surface area contributed by atoms with Crippen LogP contribution in [0.15, 0.2) is 18.2 Å². The average molecular weight is 294 g/mol. The number of aryl methyl sites for hydroxylation is 1. The van der Waals surface area contributed by atoms with E-state index in [1.807, 2.05) is 6.07 Å². The van der Waals surface area contributed by atoms with E-state index in [2.05, 4.69) is 31.3 Å². The summed E-state index contributed by atoms with van der Waals surface area (Å²) >= 11 is 6.32. The molecule has 2 nitrogen and oxygen atoms in total. The average Bonchev–Trinajstić information content (AvgIpc) is 2.94. The lowest BCUT2D eigenvalue weighted by atomic mass is 9.60. The van der Waals surface area contributed by atoms with E-state index in [9.17, 15) is 0 Å². The molecule has 2 saturated carbocycles. The van der Waals surface area contributed by atoms with Gasteiger partial charge in [-0.15, -0.1) is 0 Å². The van der Waals surface area contributed by atoms with Gasteiger partial charge in [0.1, 0.15) is 0 Å². The molecule has 0 saturated heterocycles. The zero-order valence-electron chi connectivity index (χ0n) is 12.4. The molecule has 0 bridgehead atoms. The van der Waals surface area contributed by atoms with Gasteiger partial charge >= 0.3 is 0 Å². The molecule has 0 radical (unpaired) electrons. The van der Waals surface area contributed by atoms with E-state index >= 15 is 0 Å². The van der Waals surface area contributed by atoms with Crippen LogP contribution >= 0.6 is 11.6 Å². The molecule has 2 aliphatic rings. The van der Waals surface area contributed by atoms with Crippen molar-refractivity contribution in [1.29, 1.82) is 0 Å². The third-order valence-corrected chi connectivity index (χ3v) is 5.47. The molecule has 2 fully saturated rings. The summed E-state index contributed by atoms with van der Waals surface area (Å²) < 4.78 is 5.96. The van der Waals surface area contributed by atoms with Crippen LogP contribution in [0.4, 0.5) is 5.69 Å². The Hall–Kier alpha value is -0.730. The number of halogens is 1. The van der Waals surface area contributed by atoms with Crippen molar-refractivity contribution in [2.75, 3.05) is 11.9 Å². The Morgan fingerprint density at radius 1 is 1.35 bits per heavy atom. The van der Waals surface area contributed by atoms with Crippen LogP contribution in [0.1, 0.15) is 44.6 Å². The van der Waals surface area contributed by atoms with Gasteiger partial charge in [0.05, 0.1) is 16.8 Å². The first-order valence-electron chi connectivity index (χ1n) is 7.80. The van der Waals surface area contributed by atoms with Crippen molar-refractivity contribution in [2.45, 2.75) is 58.1 Å². The zero-order chi connectivity index (χ0) is 14.2. The van der Waals surface area contributed by atoms with E-state index in [-0.39, 0.29) is 0 Å². The van der Waals surface area contributed by atoms with Crippen molar-refractivity contribution < 1.29 is 4.74 Å². The van der Waals surface area contributed by atoms with Gasteiger partial charge in [0, 0.05) is 18.1 Å². The number of hydrogen-bond donors (Lipinski definition) is 1. The van der Waals surface area contributed by atoms with Crippen molar-refractivity contribution in [3.63, 3.8) is 0 Å². The summed E-state index contributed by atoms with van der Waals surface area (Å²) in [5, 5.41) is 4.52. The van der Waals surface area contributed by atoms with Crippen LogP contribution in [-0.4, -0.2) is 18.8 Å². The first-order chi connectivity index (χ1) is 9.65. The van der Waals surface area contributed by atoms with Crippen LogP contribution in [0.5, 0.6) is 0 Å². The largest absolute Gasteiger partial charge is 0.380 e. The molecule has 0 amide bonds. The van der Waals surface area contributed by atoms with Gasteiger partial charge < -0.3 is 10.1 Å². The fraction of sp³-hybridized carbons (Fsp3) is 0.647. The van der Waals surface area contributed by atoms with Crippen molar-refractivity contribution >= 4 is 17.3 Å². The summed E-state index contributed by atoms with van der Waals surface area (Å²) in [6, 6.07) is 6.71. The minimum Gasteiger partial charge on any atom is -0.380 e. The maximum Gasteiger partial charge on any atom is 0.0670 e. The lowest BCUT2D eigenvalue weighted by Gasteiger charge is -2.54. The van der Waals surface area contributed by atoms with Crippen LogP contribution in [0.25, 0.3) is 0 Å². The lowest BCUT2D eigenvalue weighted by Crippen LogP contribution is -2.60. The number of benzene rings is 1. The van der Waals surface area contributed by atoms with E-state index in [4.69, 9.17) is 16.3 Å². The molecule has 3 rings (SSSR count). The summed E-state index contributed by atoms with van der Waals surface area (Å²) in [6.07, 6.45) is 6.80. The maximum atomic E-state index is 6.32. The molecule has 0 aromatic heterocycles. The lowest BCUT2D eigenvalue weighted by molar-refractivity contribution is -0.114. The highest BCUT2D eigenvalue weighted by Gasteiger charge is 2.56. The minimum absolute atomic E-state index is 0.350. The molecule has 1 spiro atoms. The second-order valence-electron chi connectivity index (χ2n) is 6.30. The Labute approximate surface area is 126 Å². The van der Waals surface area contributed by atoms with E-state index in [0.29, 0.717) is 17.6 Å². The fourth-order valence-corrected chi connectivity index (χ4v) is 4.20. The molecule has 2 aliphatic carbocycles. The van der Waals surface area contributed by atoms with Gasteiger partial charge in [-0.05, 0) is 50.8 Å². The normalized spacial score (nSPS) is 27.6. The molecule has 2 unspecified atom stereocenters. The van der Waals surface area contributed by atoms with E-state index in [1.54, 1.807) is 0 Å². The molecule has 1 aromatic rings. The predicted octanol–water partition coefficient (Wildman–Crippen LogP) is 4.80. The fourth-order valence-electron chi connectivity index (χ4n) is 4.03. The Morgan fingerprint density at radius 3 is 2.80 bits per heavy atom. The van der Waals surface area contributed by atoms with Gasteiger partial charge in [0.25, 0.3) is 0 Å². The smallest absolute Gasteiger partial charge is 0.0670 e. The summed E-state index contributed by atoms with van der Waals surface area (Å²) in [5.74, 6) is 0. The summed E-state index contributed by atoms with van der Waals surface area (Å²) in [4.78, 5) is 0. The van der Waals surface area contributed by atoms with Gasteiger partial charge in [-0.3, -0.25) is 0 Å². The monoisotopic (exact) mass is 293 g/mol. The number of rotatable bonds is 4. The van der Waals surface area contributed by atoms with E-state index in [0.717, 1.165) is 23.7 Å². The van der Waals surface area contributed by atoms with E-state index in [1.165, 1.54) is 31.2 Å². The number of nitrogens with one attached hydrogen (secondary N) is 1. The third-order valence-electron chi connectivity index (χ3n) is 5.14. The van der Waals surface area contributed by atoms with Gasteiger partial charge in [0.2, 0.25) is 0 Å². The molecule has 3 heteroatoms. The summed E-state index contributed by atoms with van der Waals surface area (Å²) in [7, 11) is 0. The van der Waals surface area contributed by atoms with Crippen molar-refractivity contribution in [3.05, 3.63) is 28.8 Å². The Kier molecular flexibility index (Phi) is 3.96. The SMILES string of the molecule is CCOC1CC(Nc2cc(C)ccc2Cl)C12CCCC2. The summed E-state index contributed by atoms with van der Waals surface area (Å²) in [5.41, 5.74) is 2.68. The van der Waals surface area contributed by atoms with Gasteiger partial charge in [0.15, 0.2) is 0 Å². The Balaban J connectivity index is 1.76. The molecule has 1 N–H and O–H groups in total. The molecule has 0 heterocycles. The zero-order valence-corrected chi connectivity index (χ0v) is 13.2. The maximum absolute atomic E-state index is 6.32. The van der Waals surface area contributed by atoms with Crippen molar-refractivity contribution in [3.8, 4) is 0 Å². The topological polar surface area (TPSA) is 21.3 Å². The quantitative estimate of drug-likeness (QED) is 0.861. The second-order valence-corrected chi connectivity index (χ2v) is 6.71. The van der Waals surface area contributed by atoms with Gasteiger partial charge in [-0.2, -0.15) is 0 Å². The highest BCUT2D eigenvalue weighted by molar-refractivity contribution is 6.33. The van der Waals surface area contributed by atoms with Crippen LogP contribution in [0.3, 0.4) is 0 Å². The van der Waals surface area contributed by atoms with Crippen molar-refractivity contribution in [1.82, 2.24) is 0 Å². The molecule has 110 valence electrons. The Morgan fingerprint density at radius 2 is 2.10 bits per heavy atom. The van der Waals surface area contributed by atoms with Crippen LogP contribution in [-0.2, 0) is 4.74 Å². The van der Waals surface area contributed by atoms with Crippen LogP contribution < -0.4 is 5.32 Å². The van der Waals surface area contributed by atoms with Gasteiger partial charge in [-0.25, -0.2) is 0 Å². The number of ether oxygens (including phenoxy) is 1. The molecular weight excluding hydrogens is 270 g/mol. The highest BCUT2D eigenvalue weighted by atomic mass is 35.5. The predicted molar refractivity (Wildman–Crippen MR) is 84.5 cm³/mol. The third kappa shape index (κ3) is 2.33. The Bertz CT molecular complexity index is 482. The first-order valence-corrected chi connectivity index (χ1v) is 8.18. The minimum atomic E-state index is 0.350. The van der Waals surface area contributed by atoms with E-state index < -0.39 is 0 Å². The number of hydrogen-bond acceptors (Lipinski definition) is 2. The standard InChI is InChI=1S/C17H24ClNO/c1-3-20-16-11-15(17(16)8-4-5-9-17)19-14-10-12(2)6-7-13(14)18/h6-7,10,15-16,19H,3-5,8-9,11H2,1-2H3. The highest BCUT2D eigenvalue weighted by Crippen LogP contribution is 2.55. The molecule has 20 heavy (non-hydrogen) atoms. The van der Waals surface area contributed by atoms with Gasteiger partial charge in [-0.1, -0.05) is 30.5 Å². The van der Waals surface area contributed by atoms with Crippen LogP contribution in [0.2, 0.25) is 5.02 Å². The van der Waals surface area contributed by atoms with Crippen LogP contribution in [0, 0.1) is 12.3 Å². The second kappa shape index (κ2) is 5.57. The molecule has 1 aromatic carbocycles. The molecule has 2 atom stereocenters. The molecule has 0 aliphatic heterocycles. The molecular formula is C17H24ClNO. The first kappa shape index (κ1) is 14.2. The number of anilines is 1.